The molecule has 1 aliphatic heterocycles. The lowest BCUT2D eigenvalue weighted by atomic mass is 10.1. The maximum absolute atomic E-state index is 12.1. The van der Waals surface area contributed by atoms with E-state index in [-0.39, 0.29) is 11.8 Å². The summed E-state index contributed by atoms with van der Waals surface area (Å²) in [7, 11) is 1.54. The van der Waals surface area contributed by atoms with Crippen LogP contribution in [0.15, 0.2) is 40.2 Å². The Hall–Kier alpha value is -3.03. The SMILES string of the molecule is CN1N=C(C(=O)Nc2ccc(-c3nnco3)cc2)CCC1=O. The minimum absolute atomic E-state index is 0.0968. The van der Waals surface area contributed by atoms with E-state index in [0.29, 0.717) is 30.1 Å². The van der Waals surface area contributed by atoms with Gasteiger partial charge in [-0.1, -0.05) is 0 Å². The van der Waals surface area contributed by atoms with Crippen LogP contribution in [0.2, 0.25) is 0 Å². The highest BCUT2D eigenvalue weighted by atomic mass is 16.4. The number of carbonyl (C=O) groups is 2. The number of aromatic nitrogens is 2. The molecule has 1 aromatic carbocycles. The van der Waals surface area contributed by atoms with Crippen LogP contribution in [0.4, 0.5) is 5.69 Å². The molecular weight excluding hydrogens is 286 g/mol. The van der Waals surface area contributed by atoms with Gasteiger partial charge in [0.15, 0.2) is 0 Å². The molecule has 112 valence electrons. The van der Waals surface area contributed by atoms with Crippen molar-refractivity contribution in [1.82, 2.24) is 15.2 Å². The first-order valence-corrected chi connectivity index (χ1v) is 6.65. The van der Waals surface area contributed by atoms with Gasteiger partial charge in [-0.25, -0.2) is 5.01 Å². The largest absolute Gasteiger partial charge is 0.423 e. The molecule has 0 saturated heterocycles. The average molecular weight is 299 g/mol. The summed E-state index contributed by atoms with van der Waals surface area (Å²) in [6, 6.07) is 6.99. The topological polar surface area (TPSA) is 101 Å². The van der Waals surface area contributed by atoms with Crippen LogP contribution in [0, 0.1) is 0 Å². The standard InChI is InChI=1S/C14H13N5O3/c1-19-12(20)7-6-11(18-19)13(21)16-10-4-2-9(3-5-10)14-17-15-8-22-14/h2-5,8H,6-7H2,1H3,(H,16,21). The monoisotopic (exact) mass is 299 g/mol. The molecule has 1 aliphatic rings. The first kappa shape index (κ1) is 13.9. The van der Waals surface area contributed by atoms with E-state index in [1.807, 2.05) is 0 Å². The lowest BCUT2D eigenvalue weighted by molar-refractivity contribution is -0.130. The molecule has 3 rings (SSSR count). The Kier molecular flexibility index (Phi) is 3.65. The summed E-state index contributed by atoms with van der Waals surface area (Å²) in [5.41, 5.74) is 1.72. The summed E-state index contributed by atoms with van der Waals surface area (Å²) in [5, 5.41) is 15.3. The van der Waals surface area contributed by atoms with Crippen LogP contribution in [-0.4, -0.2) is 39.8 Å². The number of rotatable bonds is 3. The number of carbonyl (C=O) groups excluding carboxylic acids is 2. The summed E-state index contributed by atoms with van der Waals surface area (Å²) in [4.78, 5) is 23.5. The highest BCUT2D eigenvalue weighted by Crippen LogP contribution is 2.19. The van der Waals surface area contributed by atoms with E-state index in [0.717, 1.165) is 5.56 Å². The summed E-state index contributed by atoms with van der Waals surface area (Å²) in [6.45, 7) is 0. The van der Waals surface area contributed by atoms with Crippen LogP contribution in [0.1, 0.15) is 12.8 Å². The van der Waals surface area contributed by atoms with Gasteiger partial charge in [0.2, 0.25) is 18.2 Å². The molecule has 1 aromatic heterocycles. The van der Waals surface area contributed by atoms with E-state index in [2.05, 4.69) is 20.6 Å². The third kappa shape index (κ3) is 2.85. The van der Waals surface area contributed by atoms with Gasteiger partial charge < -0.3 is 9.73 Å². The van der Waals surface area contributed by atoms with Gasteiger partial charge in [0.25, 0.3) is 5.91 Å². The smallest absolute Gasteiger partial charge is 0.271 e. The number of benzene rings is 1. The Bertz CT molecular complexity index is 721. The van der Waals surface area contributed by atoms with Crippen molar-refractivity contribution in [2.45, 2.75) is 12.8 Å². The van der Waals surface area contributed by atoms with Gasteiger partial charge in [0.1, 0.15) is 5.71 Å². The third-order valence-electron chi connectivity index (χ3n) is 3.22. The second kappa shape index (κ2) is 5.76. The molecule has 22 heavy (non-hydrogen) atoms. The van der Waals surface area contributed by atoms with Crippen LogP contribution in [-0.2, 0) is 9.59 Å². The molecule has 0 fully saturated rings. The van der Waals surface area contributed by atoms with Crippen LogP contribution < -0.4 is 5.32 Å². The van der Waals surface area contributed by atoms with E-state index >= 15 is 0 Å². The zero-order valence-electron chi connectivity index (χ0n) is 11.8. The van der Waals surface area contributed by atoms with Crippen LogP contribution in [0.5, 0.6) is 0 Å². The lowest BCUT2D eigenvalue weighted by Gasteiger charge is -2.18. The molecular formula is C14H13N5O3. The zero-order chi connectivity index (χ0) is 15.5. The highest BCUT2D eigenvalue weighted by Gasteiger charge is 2.21. The maximum Gasteiger partial charge on any atom is 0.271 e. The fourth-order valence-electron chi connectivity index (χ4n) is 2.03. The van der Waals surface area contributed by atoms with E-state index in [4.69, 9.17) is 4.42 Å². The molecule has 0 unspecified atom stereocenters. The molecule has 0 atom stereocenters. The lowest BCUT2D eigenvalue weighted by Crippen LogP contribution is -2.34. The van der Waals surface area contributed by atoms with Crippen molar-refractivity contribution in [3.63, 3.8) is 0 Å². The van der Waals surface area contributed by atoms with Gasteiger partial charge in [-0.15, -0.1) is 10.2 Å². The van der Waals surface area contributed by atoms with Crippen molar-refractivity contribution in [2.24, 2.45) is 5.10 Å². The Morgan fingerprint density at radius 3 is 2.68 bits per heavy atom. The van der Waals surface area contributed by atoms with E-state index in [9.17, 15) is 9.59 Å². The van der Waals surface area contributed by atoms with Crippen molar-refractivity contribution >= 4 is 23.2 Å². The number of hydrazone groups is 1. The molecule has 0 bridgehead atoms. The van der Waals surface area contributed by atoms with Crippen molar-refractivity contribution in [3.05, 3.63) is 30.7 Å². The summed E-state index contributed by atoms with van der Waals surface area (Å²) < 4.78 is 5.09. The van der Waals surface area contributed by atoms with Crippen molar-refractivity contribution in [1.29, 1.82) is 0 Å². The van der Waals surface area contributed by atoms with Gasteiger partial charge in [0, 0.05) is 31.1 Å². The predicted molar refractivity (Wildman–Crippen MR) is 77.8 cm³/mol. The van der Waals surface area contributed by atoms with Crippen LogP contribution in [0.3, 0.4) is 0 Å². The fourth-order valence-corrected chi connectivity index (χ4v) is 2.03. The molecule has 0 spiro atoms. The molecule has 2 heterocycles. The Labute approximate surface area is 125 Å². The number of hydrogen-bond donors (Lipinski definition) is 1. The molecule has 8 nitrogen and oxygen atoms in total. The second-order valence-corrected chi connectivity index (χ2v) is 4.74. The van der Waals surface area contributed by atoms with E-state index in [1.165, 1.54) is 18.5 Å². The van der Waals surface area contributed by atoms with Crippen molar-refractivity contribution in [2.75, 3.05) is 12.4 Å². The van der Waals surface area contributed by atoms with Gasteiger partial charge in [0.05, 0.1) is 0 Å². The first-order valence-electron chi connectivity index (χ1n) is 6.65. The Morgan fingerprint density at radius 2 is 2.05 bits per heavy atom. The van der Waals surface area contributed by atoms with E-state index < -0.39 is 0 Å². The van der Waals surface area contributed by atoms with Gasteiger partial charge in [-0.2, -0.15) is 5.10 Å². The molecule has 2 aromatic rings. The summed E-state index contributed by atoms with van der Waals surface area (Å²) >= 11 is 0. The van der Waals surface area contributed by atoms with Gasteiger partial charge in [-0.3, -0.25) is 9.59 Å². The number of amides is 2. The van der Waals surface area contributed by atoms with Crippen molar-refractivity contribution < 1.29 is 14.0 Å². The molecule has 0 radical (unpaired) electrons. The van der Waals surface area contributed by atoms with Gasteiger partial charge >= 0.3 is 0 Å². The van der Waals surface area contributed by atoms with E-state index in [1.54, 1.807) is 24.3 Å². The van der Waals surface area contributed by atoms with Crippen molar-refractivity contribution in [3.8, 4) is 11.5 Å². The maximum atomic E-state index is 12.1. The first-order chi connectivity index (χ1) is 10.6. The highest BCUT2D eigenvalue weighted by molar-refractivity contribution is 6.43. The number of nitrogens with one attached hydrogen (secondary N) is 1. The molecule has 0 aliphatic carbocycles. The predicted octanol–water partition coefficient (Wildman–Crippen LogP) is 1.28. The minimum Gasteiger partial charge on any atom is -0.423 e. The minimum atomic E-state index is -0.315. The molecule has 8 heteroatoms. The Morgan fingerprint density at radius 1 is 1.27 bits per heavy atom. The zero-order valence-corrected chi connectivity index (χ0v) is 11.8. The van der Waals surface area contributed by atoms with Crippen LogP contribution >= 0.6 is 0 Å². The number of nitrogens with zero attached hydrogens (tertiary/aromatic N) is 4. The third-order valence-corrected chi connectivity index (χ3v) is 3.22. The fraction of sp³-hybridized carbons (Fsp3) is 0.214. The van der Waals surface area contributed by atoms with Crippen LogP contribution in [0.25, 0.3) is 11.5 Å². The number of anilines is 1. The molecule has 0 saturated carbocycles. The summed E-state index contributed by atoms with van der Waals surface area (Å²) in [6.07, 6.45) is 1.89. The number of hydrogen-bond acceptors (Lipinski definition) is 6. The second-order valence-electron chi connectivity index (χ2n) is 4.74. The molecule has 2 amide bonds. The summed E-state index contributed by atoms with van der Waals surface area (Å²) in [5.74, 6) is 0.0000183. The quantitative estimate of drug-likeness (QED) is 0.920. The molecule has 1 N–H and O–H groups in total. The normalized spacial score (nSPS) is 14.7. The Balaban J connectivity index is 1.69. The average Bonchev–Trinajstić information content (AvgIpc) is 3.05. The van der Waals surface area contributed by atoms with Gasteiger partial charge in [-0.05, 0) is 24.3 Å².